The van der Waals surface area contributed by atoms with Crippen LogP contribution in [0.3, 0.4) is 0 Å². The number of amides is 2. The van der Waals surface area contributed by atoms with Gasteiger partial charge in [0.25, 0.3) is 11.8 Å². The number of nitrogens with zero attached hydrogens (tertiary/aromatic N) is 3. The lowest BCUT2D eigenvalue weighted by atomic mass is 9.94. The minimum Gasteiger partial charge on any atom is -0.389 e. The molecule has 7 heteroatoms. The van der Waals surface area contributed by atoms with Gasteiger partial charge in [0, 0.05) is 68.2 Å². The highest BCUT2D eigenvalue weighted by Gasteiger charge is 2.33. The number of imide groups is 1. The van der Waals surface area contributed by atoms with Gasteiger partial charge in [-0.05, 0) is 23.1 Å². The van der Waals surface area contributed by atoms with Crippen molar-refractivity contribution in [3.05, 3.63) is 83.4 Å². The number of piperazine rings is 1. The Balaban J connectivity index is 1.05. The molecule has 3 aromatic rings. The Morgan fingerprint density at radius 1 is 0.784 bits per heavy atom. The van der Waals surface area contributed by atoms with Gasteiger partial charge in [-0.2, -0.15) is 0 Å². The first-order chi connectivity index (χ1) is 18.0. The SMILES string of the molecule is CC(COCC(O)CN1CCN(CCN2C(=O)c3cccc4cccc(c34)C2=O)CC1)c1ccccc1. The van der Waals surface area contributed by atoms with E-state index in [1.165, 1.54) is 10.5 Å². The number of benzene rings is 3. The quantitative estimate of drug-likeness (QED) is 0.430. The molecule has 37 heavy (non-hydrogen) atoms. The monoisotopic (exact) mass is 501 g/mol. The van der Waals surface area contributed by atoms with Crippen molar-refractivity contribution in [2.24, 2.45) is 0 Å². The molecule has 0 aliphatic carbocycles. The second-order valence-corrected chi connectivity index (χ2v) is 10.1. The maximum Gasteiger partial charge on any atom is 0.261 e. The maximum absolute atomic E-state index is 13.1. The standard InChI is InChI=1S/C30H35N3O4/c1-22(23-7-3-2-4-8-23)20-37-21-25(34)19-32-15-13-31(14-16-32)17-18-33-29(35)26-11-5-9-24-10-6-12-27(28(24)26)30(33)36/h2-12,22,25,34H,13-21H2,1H3. The number of ether oxygens (including phenoxy) is 1. The number of β-amino-alcohol motifs (C(OH)–C–C–N with tert-alkyl or cyclic N) is 1. The van der Waals surface area contributed by atoms with E-state index in [2.05, 4.69) is 28.9 Å². The number of carbonyl (C=O) groups is 2. The molecule has 7 nitrogen and oxygen atoms in total. The molecule has 3 aromatic carbocycles. The number of carbonyl (C=O) groups excluding carboxylic acids is 2. The van der Waals surface area contributed by atoms with Crippen LogP contribution >= 0.6 is 0 Å². The minimum atomic E-state index is -0.527. The van der Waals surface area contributed by atoms with Gasteiger partial charge in [-0.3, -0.25) is 24.3 Å². The summed E-state index contributed by atoms with van der Waals surface area (Å²) in [5.74, 6) is -0.132. The van der Waals surface area contributed by atoms with Gasteiger partial charge in [-0.1, -0.05) is 61.5 Å². The minimum absolute atomic E-state index is 0.211. The highest BCUT2D eigenvalue weighted by atomic mass is 16.5. The van der Waals surface area contributed by atoms with Crippen LogP contribution < -0.4 is 0 Å². The van der Waals surface area contributed by atoms with Gasteiger partial charge in [0.15, 0.2) is 0 Å². The fourth-order valence-corrected chi connectivity index (χ4v) is 5.33. The Morgan fingerprint density at radius 2 is 1.41 bits per heavy atom. The highest BCUT2D eigenvalue weighted by Crippen LogP contribution is 2.29. The Bertz CT molecular complexity index is 1190. The second kappa shape index (κ2) is 11.5. The van der Waals surface area contributed by atoms with Crippen LogP contribution in [-0.2, 0) is 4.74 Å². The van der Waals surface area contributed by atoms with Gasteiger partial charge in [0.05, 0.1) is 19.3 Å². The third-order valence-electron chi connectivity index (χ3n) is 7.48. The van der Waals surface area contributed by atoms with Crippen LogP contribution in [0.5, 0.6) is 0 Å². The van der Waals surface area contributed by atoms with Crippen molar-refractivity contribution in [2.45, 2.75) is 18.9 Å². The van der Waals surface area contributed by atoms with Gasteiger partial charge >= 0.3 is 0 Å². The summed E-state index contributed by atoms with van der Waals surface area (Å²) < 4.78 is 5.79. The summed E-state index contributed by atoms with van der Waals surface area (Å²) in [5, 5.41) is 12.2. The largest absolute Gasteiger partial charge is 0.389 e. The van der Waals surface area contributed by atoms with Gasteiger partial charge in [-0.25, -0.2) is 0 Å². The summed E-state index contributed by atoms with van der Waals surface area (Å²) in [5.41, 5.74) is 2.45. The zero-order chi connectivity index (χ0) is 25.8. The Kier molecular flexibility index (Phi) is 7.96. The Labute approximate surface area is 218 Å². The van der Waals surface area contributed by atoms with E-state index in [0.717, 1.165) is 37.0 Å². The van der Waals surface area contributed by atoms with Crippen LogP contribution in [0.1, 0.15) is 39.1 Å². The van der Waals surface area contributed by atoms with Crippen LogP contribution in [0.25, 0.3) is 10.8 Å². The molecule has 0 spiro atoms. The molecule has 1 N–H and O–H groups in total. The van der Waals surface area contributed by atoms with E-state index in [4.69, 9.17) is 4.74 Å². The number of aliphatic hydroxyl groups is 1. The van der Waals surface area contributed by atoms with E-state index in [1.54, 1.807) is 0 Å². The van der Waals surface area contributed by atoms with E-state index in [0.29, 0.717) is 44.0 Å². The lowest BCUT2D eigenvalue weighted by Crippen LogP contribution is -2.51. The van der Waals surface area contributed by atoms with Crippen molar-refractivity contribution in [1.29, 1.82) is 0 Å². The first-order valence-corrected chi connectivity index (χ1v) is 13.1. The van der Waals surface area contributed by atoms with Crippen molar-refractivity contribution in [1.82, 2.24) is 14.7 Å². The molecule has 1 saturated heterocycles. The van der Waals surface area contributed by atoms with Gasteiger partial charge < -0.3 is 9.84 Å². The predicted octanol–water partition coefficient (Wildman–Crippen LogP) is 3.23. The first-order valence-electron chi connectivity index (χ1n) is 13.1. The summed E-state index contributed by atoms with van der Waals surface area (Å²) in [4.78, 5) is 32.1. The summed E-state index contributed by atoms with van der Waals surface area (Å²) in [6.07, 6.45) is -0.527. The fraction of sp³-hybridized carbons (Fsp3) is 0.400. The third kappa shape index (κ3) is 5.75. The molecule has 2 unspecified atom stereocenters. The van der Waals surface area contributed by atoms with Crippen molar-refractivity contribution in [2.75, 3.05) is 59.0 Å². The molecule has 2 atom stereocenters. The predicted molar refractivity (Wildman–Crippen MR) is 144 cm³/mol. The molecule has 0 radical (unpaired) electrons. The van der Waals surface area contributed by atoms with E-state index < -0.39 is 6.10 Å². The summed E-state index contributed by atoms with van der Waals surface area (Å²) in [6.45, 7) is 7.98. The average Bonchev–Trinajstić information content (AvgIpc) is 2.93. The third-order valence-corrected chi connectivity index (χ3v) is 7.48. The zero-order valence-electron chi connectivity index (χ0n) is 21.4. The molecule has 1 fully saturated rings. The molecule has 0 bridgehead atoms. The molecule has 2 heterocycles. The van der Waals surface area contributed by atoms with E-state index in [1.807, 2.05) is 54.6 Å². The summed E-state index contributed by atoms with van der Waals surface area (Å²) in [7, 11) is 0. The van der Waals surface area contributed by atoms with E-state index in [9.17, 15) is 14.7 Å². The molecule has 0 aromatic heterocycles. The van der Waals surface area contributed by atoms with Crippen LogP contribution in [0.15, 0.2) is 66.7 Å². The summed E-state index contributed by atoms with van der Waals surface area (Å²) >= 11 is 0. The van der Waals surface area contributed by atoms with Crippen molar-refractivity contribution in [3.8, 4) is 0 Å². The van der Waals surface area contributed by atoms with Crippen molar-refractivity contribution < 1.29 is 19.4 Å². The van der Waals surface area contributed by atoms with Crippen LogP contribution in [0.4, 0.5) is 0 Å². The lowest BCUT2D eigenvalue weighted by Gasteiger charge is -2.36. The molecule has 2 aliphatic heterocycles. The van der Waals surface area contributed by atoms with Gasteiger partial charge in [0.2, 0.25) is 0 Å². The van der Waals surface area contributed by atoms with Crippen molar-refractivity contribution >= 4 is 22.6 Å². The average molecular weight is 502 g/mol. The molecule has 2 amide bonds. The van der Waals surface area contributed by atoms with Crippen LogP contribution in [0.2, 0.25) is 0 Å². The topological polar surface area (TPSA) is 73.3 Å². The summed E-state index contributed by atoms with van der Waals surface area (Å²) in [6, 6.07) is 21.5. The lowest BCUT2D eigenvalue weighted by molar-refractivity contribution is 0.00370. The van der Waals surface area contributed by atoms with Crippen LogP contribution in [0, 0.1) is 0 Å². The molecule has 2 aliphatic rings. The number of aliphatic hydroxyl groups excluding tert-OH is 1. The van der Waals surface area contributed by atoms with E-state index in [-0.39, 0.29) is 17.7 Å². The molecular formula is C30H35N3O4. The number of hydrogen-bond donors (Lipinski definition) is 1. The number of hydrogen-bond acceptors (Lipinski definition) is 6. The first kappa shape index (κ1) is 25.5. The Morgan fingerprint density at radius 3 is 2.05 bits per heavy atom. The van der Waals surface area contributed by atoms with Crippen LogP contribution in [-0.4, -0.2) is 96.8 Å². The Hall–Kier alpha value is -3.10. The van der Waals surface area contributed by atoms with Gasteiger partial charge in [-0.15, -0.1) is 0 Å². The molecule has 194 valence electrons. The van der Waals surface area contributed by atoms with Crippen molar-refractivity contribution in [3.63, 3.8) is 0 Å². The molecule has 0 saturated carbocycles. The van der Waals surface area contributed by atoms with E-state index >= 15 is 0 Å². The highest BCUT2D eigenvalue weighted by molar-refractivity contribution is 6.25. The fourth-order valence-electron chi connectivity index (χ4n) is 5.33. The zero-order valence-corrected chi connectivity index (χ0v) is 21.4. The molecular weight excluding hydrogens is 466 g/mol. The maximum atomic E-state index is 13.1. The molecule has 5 rings (SSSR count). The smallest absolute Gasteiger partial charge is 0.261 e. The second-order valence-electron chi connectivity index (χ2n) is 10.1. The number of rotatable bonds is 10. The van der Waals surface area contributed by atoms with Gasteiger partial charge in [0.1, 0.15) is 0 Å². The normalized spacial score (nSPS) is 18.4.